The first-order valence-corrected chi connectivity index (χ1v) is 11.3. The van der Waals surface area contributed by atoms with Gasteiger partial charge in [0.2, 0.25) is 0 Å². The Bertz CT molecular complexity index is 842. The van der Waals surface area contributed by atoms with E-state index in [1.54, 1.807) is 0 Å². The highest BCUT2D eigenvalue weighted by molar-refractivity contribution is 5.89. The fourth-order valence-electron chi connectivity index (χ4n) is 5.45. The molecule has 2 aromatic carbocycles. The Morgan fingerprint density at radius 2 is 1.57 bits per heavy atom. The fourth-order valence-corrected chi connectivity index (χ4v) is 5.45. The number of urea groups is 1. The van der Waals surface area contributed by atoms with Crippen molar-refractivity contribution in [2.45, 2.75) is 31.8 Å². The standard InChI is InChI=1S/C25H32N4O/c30-24(26-22-9-5-2-6-10-22)28-16-13-25(18-28)19-29(20-25)23-11-14-27(15-12-23)17-21-7-3-1-4-8-21/h1-10,23H,11-20H2,(H,26,30). The van der Waals surface area contributed by atoms with Gasteiger partial charge in [-0.1, -0.05) is 48.5 Å². The molecule has 5 rings (SSSR count). The number of anilines is 1. The summed E-state index contributed by atoms with van der Waals surface area (Å²) in [4.78, 5) is 19.9. The third-order valence-electron chi connectivity index (χ3n) is 7.15. The molecule has 5 heteroatoms. The summed E-state index contributed by atoms with van der Waals surface area (Å²) in [5, 5.41) is 3.04. The number of piperidine rings is 1. The van der Waals surface area contributed by atoms with Gasteiger partial charge < -0.3 is 10.2 Å². The molecule has 0 aliphatic carbocycles. The molecule has 0 bridgehead atoms. The van der Waals surface area contributed by atoms with E-state index in [1.807, 2.05) is 35.2 Å². The Morgan fingerprint density at radius 3 is 2.27 bits per heavy atom. The molecular formula is C25H32N4O. The van der Waals surface area contributed by atoms with Gasteiger partial charge in [0.05, 0.1) is 0 Å². The molecule has 2 amide bonds. The topological polar surface area (TPSA) is 38.8 Å². The second kappa shape index (κ2) is 8.40. The number of amides is 2. The number of rotatable bonds is 4. The molecule has 5 nitrogen and oxygen atoms in total. The minimum Gasteiger partial charge on any atom is -0.324 e. The molecule has 0 radical (unpaired) electrons. The summed E-state index contributed by atoms with van der Waals surface area (Å²) in [5.41, 5.74) is 2.62. The van der Waals surface area contributed by atoms with Crippen molar-refractivity contribution in [3.63, 3.8) is 0 Å². The van der Waals surface area contributed by atoms with Crippen molar-refractivity contribution in [3.05, 3.63) is 66.2 Å². The van der Waals surface area contributed by atoms with Crippen molar-refractivity contribution in [1.29, 1.82) is 0 Å². The van der Waals surface area contributed by atoms with Crippen LogP contribution in [-0.2, 0) is 6.54 Å². The van der Waals surface area contributed by atoms with E-state index in [-0.39, 0.29) is 6.03 Å². The van der Waals surface area contributed by atoms with Crippen LogP contribution in [-0.4, -0.2) is 66.0 Å². The van der Waals surface area contributed by atoms with Gasteiger partial charge in [0, 0.05) is 49.9 Å². The predicted molar refractivity (Wildman–Crippen MR) is 120 cm³/mol. The molecule has 0 aromatic heterocycles. The lowest BCUT2D eigenvalue weighted by molar-refractivity contribution is -0.0406. The van der Waals surface area contributed by atoms with Gasteiger partial charge >= 0.3 is 6.03 Å². The molecule has 2 aromatic rings. The molecule has 0 saturated carbocycles. The maximum absolute atomic E-state index is 12.6. The molecule has 0 atom stereocenters. The quantitative estimate of drug-likeness (QED) is 0.840. The molecule has 3 heterocycles. The highest BCUT2D eigenvalue weighted by Crippen LogP contribution is 2.42. The van der Waals surface area contributed by atoms with Crippen LogP contribution in [0.15, 0.2) is 60.7 Å². The van der Waals surface area contributed by atoms with Gasteiger partial charge in [-0.2, -0.15) is 0 Å². The SMILES string of the molecule is O=C(Nc1ccccc1)N1CCC2(C1)CN(C1CCN(Cc3ccccc3)CC1)C2. The van der Waals surface area contributed by atoms with E-state index in [0.29, 0.717) is 5.41 Å². The molecular weight excluding hydrogens is 372 g/mol. The van der Waals surface area contributed by atoms with Crippen molar-refractivity contribution < 1.29 is 4.79 Å². The van der Waals surface area contributed by atoms with Gasteiger partial charge in [0.1, 0.15) is 0 Å². The van der Waals surface area contributed by atoms with Gasteiger partial charge in [0.25, 0.3) is 0 Å². The largest absolute Gasteiger partial charge is 0.324 e. The lowest BCUT2D eigenvalue weighted by Gasteiger charge is -2.53. The molecule has 3 saturated heterocycles. The third-order valence-corrected chi connectivity index (χ3v) is 7.15. The second-order valence-corrected chi connectivity index (χ2v) is 9.37. The van der Waals surface area contributed by atoms with Crippen molar-refractivity contribution >= 4 is 11.7 Å². The Hall–Kier alpha value is -2.37. The van der Waals surface area contributed by atoms with Gasteiger partial charge in [0.15, 0.2) is 0 Å². The zero-order valence-electron chi connectivity index (χ0n) is 17.7. The molecule has 3 aliphatic heterocycles. The van der Waals surface area contributed by atoms with Crippen molar-refractivity contribution in [3.8, 4) is 0 Å². The van der Waals surface area contributed by atoms with E-state index in [4.69, 9.17) is 0 Å². The summed E-state index contributed by atoms with van der Waals surface area (Å²) in [6.07, 6.45) is 3.67. The highest BCUT2D eigenvalue weighted by atomic mass is 16.2. The Balaban J connectivity index is 1.06. The van der Waals surface area contributed by atoms with Crippen molar-refractivity contribution in [2.24, 2.45) is 5.41 Å². The van der Waals surface area contributed by atoms with Crippen LogP contribution in [0.4, 0.5) is 10.5 Å². The number of nitrogens with one attached hydrogen (secondary N) is 1. The zero-order valence-corrected chi connectivity index (χ0v) is 17.7. The van der Waals surface area contributed by atoms with Crippen LogP contribution in [0.25, 0.3) is 0 Å². The second-order valence-electron chi connectivity index (χ2n) is 9.37. The number of hydrogen-bond acceptors (Lipinski definition) is 3. The summed E-state index contributed by atoms with van der Waals surface area (Å²) in [6, 6.07) is 21.3. The van der Waals surface area contributed by atoms with Crippen molar-refractivity contribution in [2.75, 3.05) is 44.6 Å². The van der Waals surface area contributed by atoms with E-state index in [1.165, 1.54) is 31.5 Å². The van der Waals surface area contributed by atoms with E-state index < -0.39 is 0 Å². The average Bonchev–Trinajstić information content (AvgIpc) is 3.21. The monoisotopic (exact) mass is 404 g/mol. The highest BCUT2D eigenvalue weighted by Gasteiger charge is 2.50. The number of para-hydroxylation sites is 1. The minimum absolute atomic E-state index is 0.0470. The molecule has 1 N–H and O–H groups in total. The van der Waals surface area contributed by atoms with Crippen LogP contribution < -0.4 is 5.32 Å². The minimum atomic E-state index is 0.0470. The number of benzene rings is 2. The van der Waals surface area contributed by atoms with Crippen molar-refractivity contribution in [1.82, 2.24) is 14.7 Å². The number of carbonyl (C=O) groups excluding carboxylic acids is 1. The molecule has 1 spiro atoms. The Morgan fingerprint density at radius 1 is 0.900 bits per heavy atom. The van der Waals surface area contributed by atoms with E-state index in [9.17, 15) is 4.79 Å². The van der Waals surface area contributed by atoms with Crippen LogP contribution in [0.5, 0.6) is 0 Å². The van der Waals surface area contributed by atoms with Crippen LogP contribution in [0, 0.1) is 5.41 Å². The summed E-state index contributed by atoms with van der Waals surface area (Å²) in [6.45, 7) is 7.54. The van der Waals surface area contributed by atoms with Crippen LogP contribution >= 0.6 is 0 Å². The van der Waals surface area contributed by atoms with Crippen LogP contribution in [0.3, 0.4) is 0 Å². The Kier molecular flexibility index (Phi) is 5.48. The van der Waals surface area contributed by atoms with Gasteiger partial charge in [-0.05, 0) is 50.0 Å². The third kappa shape index (κ3) is 4.23. The summed E-state index contributed by atoms with van der Waals surface area (Å²) >= 11 is 0. The zero-order chi connectivity index (χ0) is 20.4. The van der Waals surface area contributed by atoms with E-state index in [2.05, 4.69) is 45.4 Å². The summed E-state index contributed by atoms with van der Waals surface area (Å²) < 4.78 is 0. The van der Waals surface area contributed by atoms with E-state index >= 15 is 0 Å². The molecule has 30 heavy (non-hydrogen) atoms. The maximum atomic E-state index is 12.6. The number of hydrogen-bond donors (Lipinski definition) is 1. The molecule has 3 fully saturated rings. The smallest absolute Gasteiger partial charge is 0.321 e. The fraction of sp³-hybridized carbons (Fsp3) is 0.480. The molecule has 0 unspecified atom stereocenters. The summed E-state index contributed by atoms with van der Waals surface area (Å²) in [7, 11) is 0. The first-order valence-electron chi connectivity index (χ1n) is 11.3. The number of carbonyl (C=O) groups is 1. The predicted octanol–water partition coefficient (Wildman–Crippen LogP) is 3.89. The van der Waals surface area contributed by atoms with Gasteiger partial charge in [-0.3, -0.25) is 9.80 Å². The average molecular weight is 405 g/mol. The molecule has 158 valence electrons. The molecule has 3 aliphatic rings. The number of nitrogens with zero attached hydrogens (tertiary/aromatic N) is 3. The normalized spacial score (nSPS) is 22.2. The first-order chi connectivity index (χ1) is 14.7. The lowest BCUT2D eigenvalue weighted by atomic mass is 9.77. The first kappa shape index (κ1) is 19.6. The Labute approximate surface area is 179 Å². The van der Waals surface area contributed by atoms with Gasteiger partial charge in [-0.25, -0.2) is 4.79 Å². The van der Waals surface area contributed by atoms with Crippen LogP contribution in [0.1, 0.15) is 24.8 Å². The number of likely N-dealkylation sites (tertiary alicyclic amines) is 3. The summed E-state index contributed by atoms with van der Waals surface area (Å²) in [5.74, 6) is 0. The maximum Gasteiger partial charge on any atom is 0.321 e. The van der Waals surface area contributed by atoms with Crippen LogP contribution in [0.2, 0.25) is 0 Å². The van der Waals surface area contributed by atoms with E-state index in [0.717, 1.165) is 50.9 Å². The van der Waals surface area contributed by atoms with Gasteiger partial charge in [-0.15, -0.1) is 0 Å². The lowest BCUT2D eigenvalue weighted by Crippen LogP contribution is -2.62.